The predicted octanol–water partition coefficient (Wildman–Crippen LogP) is 3.84. The van der Waals surface area contributed by atoms with E-state index >= 15 is 0 Å². The number of nitrogens with one attached hydrogen (secondary N) is 1. The molecule has 2 amide bonds. The van der Waals surface area contributed by atoms with Crippen LogP contribution in [0.25, 0.3) is 0 Å². The first-order valence-electron chi connectivity index (χ1n) is 9.68. The van der Waals surface area contributed by atoms with E-state index in [1.807, 2.05) is 55.5 Å². The van der Waals surface area contributed by atoms with Gasteiger partial charge < -0.3 is 14.8 Å². The lowest BCUT2D eigenvalue weighted by Crippen LogP contribution is -2.25. The van der Waals surface area contributed by atoms with Crippen LogP contribution in [0.1, 0.15) is 36.8 Å². The summed E-state index contributed by atoms with van der Waals surface area (Å²) in [7, 11) is 0. The minimum atomic E-state index is -0.399. The van der Waals surface area contributed by atoms with Crippen LogP contribution in [0.5, 0.6) is 11.5 Å². The molecule has 1 aliphatic rings. The molecular formula is C22H25N3O4S. The van der Waals surface area contributed by atoms with E-state index in [0.717, 1.165) is 11.3 Å². The van der Waals surface area contributed by atoms with E-state index in [1.165, 1.54) is 36.2 Å². The Morgan fingerprint density at radius 1 is 1.07 bits per heavy atom. The highest BCUT2D eigenvalue weighted by molar-refractivity contribution is 8.14. The number of carbonyl (C=O) groups is 2. The number of carbonyl (C=O) groups excluding carboxylic acids is 2. The Morgan fingerprint density at radius 2 is 1.77 bits per heavy atom. The summed E-state index contributed by atoms with van der Waals surface area (Å²) in [5.41, 5.74) is 2.01. The van der Waals surface area contributed by atoms with Gasteiger partial charge in [-0.2, -0.15) is 0 Å². The zero-order valence-electron chi connectivity index (χ0n) is 17.3. The molecule has 8 heteroatoms. The van der Waals surface area contributed by atoms with Crippen LogP contribution in [-0.4, -0.2) is 35.2 Å². The van der Waals surface area contributed by atoms with E-state index in [1.54, 1.807) is 0 Å². The minimum absolute atomic E-state index is 0.214. The Labute approximate surface area is 180 Å². The Balaban J connectivity index is 1.59. The average Bonchev–Trinajstić information content (AvgIpc) is 3.12. The van der Waals surface area contributed by atoms with Gasteiger partial charge in [-0.1, -0.05) is 47.7 Å². The summed E-state index contributed by atoms with van der Waals surface area (Å²) >= 11 is 1.30. The SMILES string of the molecule is CC(=O)NC1=NN(C(C)=O)[C@H](c2ccccc2OCCCOc2ccc(C)cc2)S1. The lowest BCUT2D eigenvalue weighted by Gasteiger charge is -2.21. The van der Waals surface area contributed by atoms with Gasteiger partial charge in [-0.15, -0.1) is 5.10 Å². The lowest BCUT2D eigenvalue weighted by molar-refractivity contribution is -0.129. The number of rotatable bonds is 7. The van der Waals surface area contributed by atoms with Crippen LogP contribution in [0.2, 0.25) is 0 Å². The molecule has 2 aromatic rings. The third-order valence-electron chi connectivity index (χ3n) is 4.27. The number of hydrogen-bond donors (Lipinski definition) is 1. The molecule has 158 valence electrons. The molecule has 0 radical (unpaired) electrons. The number of aryl methyl sites for hydroxylation is 1. The molecule has 0 aliphatic carbocycles. The number of benzene rings is 2. The van der Waals surface area contributed by atoms with Crippen molar-refractivity contribution in [2.75, 3.05) is 13.2 Å². The first kappa shape index (κ1) is 21.7. The highest BCUT2D eigenvalue weighted by Gasteiger charge is 2.34. The van der Waals surface area contributed by atoms with Crippen LogP contribution < -0.4 is 14.8 Å². The van der Waals surface area contributed by atoms with Crippen LogP contribution in [0.4, 0.5) is 0 Å². The molecule has 0 aromatic heterocycles. The van der Waals surface area contributed by atoms with Gasteiger partial charge in [0.2, 0.25) is 11.8 Å². The molecule has 30 heavy (non-hydrogen) atoms. The van der Waals surface area contributed by atoms with Crippen LogP contribution >= 0.6 is 11.8 Å². The van der Waals surface area contributed by atoms with Crippen LogP contribution in [0, 0.1) is 6.92 Å². The van der Waals surface area contributed by atoms with Gasteiger partial charge in [0, 0.05) is 25.8 Å². The van der Waals surface area contributed by atoms with E-state index in [4.69, 9.17) is 9.47 Å². The van der Waals surface area contributed by atoms with Gasteiger partial charge in [0.15, 0.2) is 5.17 Å². The molecule has 1 aliphatic heterocycles. The molecule has 0 spiro atoms. The van der Waals surface area contributed by atoms with Gasteiger partial charge in [0.1, 0.15) is 16.9 Å². The fourth-order valence-electron chi connectivity index (χ4n) is 2.85. The fourth-order valence-corrected chi connectivity index (χ4v) is 4.01. The van der Waals surface area contributed by atoms with E-state index < -0.39 is 5.37 Å². The zero-order valence-corrected chi connectivity index (χ0v) is 18.1. The second-order valence-electron chi connectivity index (χ2n) is 6.82. The molecular weight excluding hydrogens is 402 g/mol. The summed E-state index contributed by atoms with van der Waals surface area (Å²) in [6, 6.07) is 15.5. The molecule has 0 saturated heterocycles. The van der Waals surface area contributed by atoms with Gasteiger partial charge in [-0.3, -0.25) is 9.59 Å². The van der Waals surface area contributed by atoms with Crippen molar-refractivity contribution in [1.82, 2.24) is 10.3 Å². The van der Waals surface area contributed by atoms with Crippen molar-refractivity contribution in [2.24, 2.45) is 5.10 Å². The summed E-state index contributed by atoms with van der Waals surface area (Å²) < 4.78 is 11.7. The van der Waals surface area contributed by atoms with E-state index in [-0.39, 0.29) is 11.8 Å². The normalized spacial score (nSPS) is 15.5. The number of ether oxygens (including phenoxy) is 2. The van der Waals surface area contributed by atoms with Crippen molar-refractivity contribution in [3.8, 4) is 11.5 Å². The maximum absolute atomic E-state index is 12.1. The second-order valence-corrected chi connectivity index (χ2v) is 7.89. The molecule has 0 saturated carbocycles. The van der Waals surface area contributed by atoms with Gasteiger partial charge in [0.05, 0.1) is 13.2 Å². The van der Waals surface area contributed by atoms with Crippen LogP contribution in [0.3, 0.4) is 0 Å². The van der Waals surface area contributed by atoms with Gasteiger partial charge in [-0.25, -0.2) is 5.01 Å². The van der Waals surface area contributed by atoms with E-state index in [9.17, 15) is 9.59 Å². The monoisotopic (exact) mass is 427 g/mol. The molecule has 0 bridgehead atoms. The summed E-state index contributed by atoms with van der Waals surface area (Å²) in [4.78, 5) is 23.4. The molecule has 0 fully saturated rings. The molecule has 0 unspecified atom stereocenters. The summed E-state index contributed by atoms with van der Waals surface area (Å²) in [6.45, 7) is 5.90. The minimum Gasteiger partial charge on any atom is -0.493 e. The van der Waals surface area contributed by atoms with Crippen molar-refractivity contribution in [1.29, 1.82) is 0 Å². The van der Waals surface area contributed by atoms with Crippen molar-refractivity contribution in [2.45, 2.75) is 32.6 Å². The number of amidine groups is 1. The maximum atomic E-state index is 12.1. The third-order valence-corrected chi connectivity index (χ3v) is 5.35. The van der Waals surface area contributed by atoms with Crippen molar-refractivity contribution >= 4 is 28.7 Å². The lowest BCUT2D eigenvalue weighted by atomic mass is 10.2. The molecule has 2 aromatic carbocycles. The Morgan fingerprint density at radius 3 is 2.47 bits per heavy atom. The van der Waals surface area contributed by atoms with Crippen molar-refractivity contribution < 1.29 is 19.1 Å². The number of hydrazone groups is 1. The largest absolute Gasteiger partial charge is 0.493 e. The second kappa shape index (κ2) is 10.2. The van der Waals surface area contributed by atoms with Crippen molar-refractivity contribution in [3.05, 3.63) is 59.7 Å². The topological polar surface area (TPSA) is 80.2 Å². The quantitative estimate of drug-likeness (QED) is 0.679. The third kappa shape index (κ3) is 5.76. The molecule has 1 heterocycles. The maximum Gasteiger partial charge on any atom is 0.241 e. The smallest absolute Gasteiger partial charge is 0.241 e. The van der Waals surface area contributed by atoms with Gasteiger partial charge >= 0.3 is 0 Å². The number of para-hydroxylation sites is 1. The highest BCUT2D eigenvalue weighted by atomic mass is 32.2. The number of thioether (sulfide) groups is 1. The first-order chi connectivity index (χ1) is 14.4. The van der Waals surface area contributed by atoms with Crippen LogP contribution in [-0.2, 0) is 9.59 Å². The van der Waals surface area contributed by atoms with Gasteiger partial charge in [0.25, 0.3) is 0 Å². The number of hydrogen-bond acceptors (Lipinski definition) is 6. The summed E-state index contributed by atoms with van der Waals surface area (Å²) in [5.74, 6) is 1.07. The summed E-state index contributed by atoms with van der Waals surface area (Å²) in [6.07, 6.45) is 0.712. The summed E-state index contributed by atoms with van der Waals surface area (Å²) in [5, 5.41) is 8.23. The van der Waals surface area contributed by atoms with Gasteiger partial charge in [-0.05, 0) is 25.1 Å². The Kier molecular flexibility index (Phi) is 7.35. The number of nitrogens with zero attached hydrogens (tertiary/aromatic N) is 2. The standard InChI is InChI=1S/C22H25N3O4S/c1-15-9-11-18(12-10-15)28-13-6-14-29-20-8-5-4-7-19(20)21-25(17(3)27)24-22(30-21)23-16(2)26/h4-5,7-12,21H,6,13-14H2,1-3H3,(H,23,24,26)/t21-/m0/s1. The average molecular weight is 428 g/mol. The van der Waals surface area contributed by atoms with Crippen molar-refractivity contribution in [3.63, 3.8) is 0 Å². The van der Waals surface area contributed by atoms with E-state index in [2.05, 4.69) is 10.4 Å². The Hall–Kier alpha value is -3.00. The molecule has 1 N–H and O–H groups in total. The Bertz CT molecular complexity index is 930. The zero-order chi connectivity index (χ0) is 21.5. The number of amides is 2. The fraction of sp³-hybridized carbons (Fsp3) is 0.318. The highest BCUT2D eigenvalue weighted by Crippen LogP contribution is 2.42. The first-order valence-corrected chi connectivity index (χ1v) is 10.6. The van der Waals surface area contributed by atoms with Crippen LogP contribution in [0.15, 0.2) is 53.6 Å². The van der Waals surface area contributed by atoms with E-state index in [0.29, 0.717) is 30.6 Å². The molecule has 3 rings (SSSR count). The molecule has 1 atom stereocenters. The molecule has 7 nitrogen and oxygen atoms in total. The predicted molar refractivity (Wildman–Crippen MR) is 117 cm³/mol.